The van der Waals surface area contributed by atoms with Gasteiger partial charge in [-0.2, -0.15) is 0 Å². The average Bonchev–Trinajstić information content (AvgIpc) is 3.22. The van der Waals surface area contributed by atoms with Crippen molar-refractivity contribution in [2.45, 2.75) is 51.6 Å². The molecule has 4 heteroatoms. The van der Waals surface area contributed by atoms with Gasteiger partial charge in [0, 0.05) is 28.5 Å². The summed E-state index contributed by atoms with van der Waals surface area (Å²) in [6.45, 7) is 3.12. The maximum atomic E-state index is 4.45. The maximum Gasteiger partial charge on any atom is 0.0925 e. The van der Waals surface area contributed by atoms with Crippen LogP contribution in [0.25, 0.3) is 0 Å². The van der Waals surface area contributed by atoms with Gasteiger partial charge >= 0.3 is 0 Å². The van der Waals surface area contributed by atoms with Crippen molar-refractivity contribution in [1.29, 1.82) is 0 Å². The highest BCUT2D eigenvalue weighted by Gasteiger charge is 2.26. The lowest BCUT2D eigenvalue weighted by molar-refractivity contribution is 0.372. The molecule has 20 heavy (non-hydrogen) atoms. The van der Waals surface area contributed by atoms with E-state index in [0.29, 0.717) is 6.04 Å². The molecule has 0 bridgehead atoms. The number of aromatic nitrogens is 1. The van der Waals surface area contributed by atoms with Gasteiger partial charge in [-0.05, 0) is 36.6 Å². The summed E-state index contributed by atoms with van der Waals surface area (Å²) in [7, 11) is 0. The maximum absolute atomic E-state index is 4.45. The molecule has 1 saturated carbocycles. The van der Waals surface area contributed by atoms with Crippen LogP contribution in [0.2, 0.25) is 0 Å². The van der Waals surface area contributed by atoms with E-state index >= 15 is 0 Å². The third-order valence-electron chi connectivity index (χ3n) is 4.12. The number of rotatable bonds is 6. The number of hydrogen-bond donors (Lipinski definition) is 1. The number of hydrogen-bond acceptors (Lipinski definition) is 4. The zero-order valence-electron chi connectivity index (χ0n) is 12.0. The van der Waals surface area contributed by atoms with Gasteiger partial charge in [0.1, 0.15) is 0 Å². The molecule has 2 nitrogen and oxygen atoms in total. The zero-order chi connectivity index (χ0) is 13.8. The first-order chi connectivity index (χ1) is 9.86. The van der Waals surface area contributed by atoms with Crippen molar-refractivity contribution in [2.24, 2.45) is 5.92 Å². The number of thiophene rings is 1. The predicted molar refractivity (Wildman–Crippen MR) is 87.3 cm³/mol. The first-order valence-electron chi connectivity index (χ1n) is 7.57. The summed E-state index contributed by atoms with van der Waals surface area (Å²) in [4.78, 5) is 7.31. The van der Waals surface area contributed by atoms with Crippen molar-refractivity contribution in [3.8, 4) is 0 Å². The van der Waals surface area contributed by atoms with E-state index in [9.17, 15) is 0 Å². The summed E-state index contributed by atoms with van der Waals surface area (Å²) in [6.07, 6.45) is 8.62. The molecular weight excluding hydrogens is 284 g/mol. The average molecular weight is 307 g/mol. The Bertz CT molecular complexity index is 512. The summed E-state index contributed by atoms with van der Waals surface area (Å²) < 4.78 is 0. The Morgan fingerprint density at radius 1 is 1.40 bits per heavy atom. The van der Waals surface area contributed by atoms with E-state index in [1.165, 1.54) is 40.4 Å². The van der Waals surface area contributed by atoms with Crippen molar-refractivity contribution < 1.29 is 0 Å². The Kier molecular flexibility index (Phi) is 4.86. The molecule has 2 aromatic rings. The first-order valence-corrected chi connectivity index (χ1v) is 9.26. The molecule has 0 saturated heterocycles. The number of aryl methyl sites for hydroxylation is 1. The molecule has 0 aliphatic heterocycles. The second kappa shape index (κ2) is 6.83. The quantitative estimate of drug-likeness (QED) is 0.830. The highest BCUT2D eigenvalue weighted by atomic mass is 32.1. The minimum atomic E-state index is 0.532. The number of nitrogens with zero attached hydrogens (tertiary/aromatic N) is 1. The van der Waals surface area contributed by atoms with Crippen molar-refractivity contribution >= 4 is 22.7 Å². The van der Waals surface area contributed by atoms with Gasteiger partial charge in [-0.3, -0.25) is 0 Å². The largest absolute Gasteiger partial charge is 0.304 e. The number of nitrogens with one attached hydrogen (secondary N) is 1. The lowest BCUT2D eigenvalue weighted by Crippen LogP contribution is -2.25. The monoisotopic (exact) mass is 306 g/mol. The third kappa shape index (κ3) is 3.30. The van der Waals surface area contributed by atoms with Crippen LogP contribution in [0, 0.1) is 5.92 Å². The lowest BCUT2D eigenvalue weighted by Gasteiger charge is -2.23. The molecule has 0 aromatic carbocycles. The molecule has 1 atom stereocenters. The van der Waals surface area contributed by atoms with E-state index in [4.69, 9.17) is 0 Å². The van der Waals surface area contributed by atoms with E-state index in [2.05, 4.69) is 34.7 Å². The normalized spacial score (nSPS) is 17.6. The Hall–Kier alpha value is -0.710. The van der Waals surface area contributed by atoms with Crippen LogP contribution in [-0.2, 0) is 13.0 Å². The Morgan fingerprint density at radius 3 is 2.90 bits per heavy atom. The highest BCUT2D eigenvalue weighted by Crippen LogP contribution is 2.37. The first kappa shape index (κ1) is 14.2. The van der Waals surface area contributed by atoms with E-state index in [1.54, 1.807) is 0 Å². The standard InChI is InChI=1S/C16H22N2S2/c1-2-15-17-10-13(20-15)11-18-16(12-6-3-4-7-12)14-8-5-9-19-14/h5,8-10,12,16,18H,2-4,6-7,11H2,1H3. The van der Waals surface area contributed by atoms with Crippen LogP contribution in [0.1, 0.15) is 53.4 Å². The van der Waals surface area contributed by atoms with Crippen LogP contribution >= 0.6 is 22.7 Å². The van der Waals surface area contributed by atoms with E-state index in [0.717, 1.165) is 18.9 Å². The van der Waals surface area contributed by atoms with Gasteiger partial charge in [0.05, 0.1) is 5.01 Å². The minimum absolute atomic E-state index is 0.532. The molecule has 1 fully saturated rings. The molecular formula is C16H22N2S2. The van der Waals surface area contributed by atoms with Gasteiger partial charge in [0.2, 0.25) is 0 Å². The van der Waals surface area contributed by atoms with E-state index < -0.39 is 0 Å². The van der Waals surface area contributed by atoms with Crippen molar-refractivity contribution in [2.75, 3.05) is 0 Å². The Balaban J connectivity index is 1.66. The van der Waals surface area contributed by atoms with Crippen LogP contribution < -0.4 is 5.32 Å². The van der Waals surface area contributed by atoms with Gasteiger partial charge in [0.25, 0.3) is 0 Å². The van der Waals surface area contributed by atoms with Crippen LogP contribution in [0.15, 0.2) is 23.7 Å². The van der Waals surface area contributed by atoms with Gasteiger partial charge in [-0.25, -0.2) is 4.98 Å². The Labute approximate surface area is 129 Å². The van der Waals surface area contributed by atoms with Gasteiger partial charge in [-0.15, -0.1) is 22.7 Å². The molecule has 2 heterocycles. The van der Waals surface area contributed by atoms with Crippen LogP contribution in [0.3, 0.4) is 0 Å². The van der Waals surface area contributed by atoms with Gasteiger partial charge < -0.3 is 5.32 Å². The SMILES string of the molecule is CCc1ncc(CNC(c2cccs2)C2CCCC2)s1. The minimum Gasteiger partial charge on any atom is -0.304 e. The molecule has 1 aliphatic rings. The molecule has 0 spiro atoms. The molecule has 0 radical (unpaired) electrons. The van der Waals surface area contributed by atoms with Crippen molar-refractivity contribution in [1.82, 2.24) is 10.3 Å². The fraction of sp³-hybridized carbons (Fsp3) is 0.562. The highest BCUT2D eigenvalue weighted by molar-refractivity contribution is 7.11. The molecule has 1 unspecified atom stereocenters. The summed E-state index contributed by atoms with van der Waals surface area (Å²) in [5.41, 5.74) is 0. The second-order valence-electron chi connectivity index (χ2n) is 5.49. The topological polar surface area (TPSA) is 24.9 Å². The molecule has 3 rings (SSSR count). The van der Waals surface area contributed by atoms with Crippen molar-refractivity contribution in [3.05, 3.63) is 38.5 Å². The Morgan fingerprint density at radius 2 is 2.25 bits per heavy atom. The van der Waals surface area contributed by atoms with Crippen LogP contribution in [-0.4, -0.2) is 4.98 Å². The lowest BCUT2D eigenvalue weighted by atomic mass is 9.96. The fourth-order valence-corrected chi connectivity index (χ4v) is 4.77. The summed E-state index contributed by atoms with van der Waals surface area (Å²) in [6, 6.07) is 4.99. The van der Waals surface area contributed by atoms with Gasteiger partial charge in [0.15, 0.2) is 0 Å². The summed E-state index contributed by atoms with van der Waals surface area (Å²) >= 11 is 3.73. The number of thiazole rings is 1. The van der Waals surface area contributed by atoms with E-state index in [-0.39, 0.29) is 0 Å². The molecule has 108 valence electrons. The summed E-state index contributed by atoms with van der Waals surface area (Å²) in [5, 5.41) is 7.24. The zero-order valence-corrected chi connectivity index (χ0v) is 13.6. The van der Waals surface area contributed by atoms with E-state index in [1.807, 2.05) is 28.9 Å². The third-order valence-corrected chi connectivity index (χ3v) is 6.22. The van der Waals surface area contributed by atoms with Gasteiger partial charge in [-0.1, -0.05) is 25.8 Å². The van der Waals surface area contributed by atoms with Crippen molar-refractivity contribution in [3.63, 3.8) is 0 Å². The van der Waals surface area contributed by atoms with Crippen LogP contribution in [0.5, 0.6) is 0 Å². The predicted octanol–water partition coefficient (Wildman–Crippen LogP) is 4.79. The summed E-state index contributed by atoms with van der Waals surface area (Å²) in [5.74, 6) is 0.812. The smallest absolute Gasteiger partial charge is 0.0925 e. The fourth-order valence-electron chi connectivity index (χ4n) is 3.06. The van der Waals surface area contributed by atoms with Crippen LogP contribution in [0.4, 0.5) is 0 Å². The molecule has 2 aromatic heterocycles. The molecule has 0 amide bonds. The second-order valence-corrected chi connectivity index (χ2v) is 7.67. The molecule has 1 aliphatic carbocycles. The molecule has 1 N–H and O–H groups in total.